The first-order chi connectivity index (χ1) is 5.66. The van der Waals surface area contributed by atoms with E-state index in [0.29, 0.717) is 0 Å². The predicted octanol–water partition coefficient (Wildman–Crippen LogP) is -2.37. The molecule has 0 N–H and O–H groups in total. The first-order valence-corrected chi connectivity index (χ1v) is 1.46. The zero-order valence-corrected chi connectivity index (χ0v) is 6.63. The molecule has 0 spiro atoms. The summed E-state index contributed by atoms with van der Waals surface area (Å²) in [7, 11) is 0. The Morgan fingerprint density at radius 1 is 0.571 bits per heavy atom. The third-order valence-electron chi connectivity index (χ3n) is 0. The van der Waals surface area contributed by atoms with Crippen LogP contribution in [-0.2, 0) is 0 Å². The second-order valence-electron chi connectivity index (χ2n) is 0.298. The first-order valence-electron chi connectivity index (χ1n) is 1.46. The molecule has 12 nitrogen and oxygen atoms in total. The van der Waals surface area contributed by atoms with Crippen molar-refractivity contribution in [2.45, 2.75) is 0 Å². The normalized spacial score (nSPS) is 3.43. The molecular weight excluding hydrogens is 202 g/mol. The van der Waals surface area contributed by atoms with Crippen molar-refractivity contribution in [1.82, 2.24) is 0 Å². The molecule has 0 radical (unpaired) electrons. The van der Waals surface area contributed by atoms with Crippen LogP contribution in [0.2, 0.25) is 0 Å². The fraction of sp³-hybridized carbons (Fsp3) is 0. The van der Waals surface area contributed by atoms with Crippen LogP contribution in [0.4, 0.5) is 0 Å². The summed E-state index contributed by atoms with van der Waals surface area (Å²) in [5.41, 5.74) is 0. The van der Waals surface area contributed by atoms with Gasteiger partial charge in [0.05, 0.1) is 0 Å². The minimum absolute atomic E-state index is 0. The van der Waals surface area contributed by atoms with Crippen molar-refractivity contribution in [1.29, 1.82) is 0 Å². The van der Waals surface area contributed by atoms with Gasteiger partial charge in [-0.25, -0.2) is 0 Å². The summed E-state index contributed by atoms with van der Waals surface area (Å²) in [6.45, 7) is 0. The van der Waals surface area contributed by atoms with Crippen LogP contribution in [0, 0.1) is 40.5 Å². The van der Waals surface area contributed by atoms with Gasteiger partial charge in [0.25, 0.3) is 0 Å². The Morgan fingerprint density at radius 2 is 0.571 bits per heavy atom. The van der Waals surface area contributed by atoms with E-state index in [-0.39, 0.29) is 27.3 Å². The Hall–Kier alpha value is -1.74. The van der Waals surface area contributed by atoms with Crippen molar-refractivity contribution in [3.05, 3.63) is 40.5 Å². The molecule has 0 heterocycles. The average Bonchev–Trinajstić information content (AvgIpc) is 1.92. The van der Waals surface area contributed by atoms with Gasteiger partial charge in [0.2, 0.25) is 0 Å². The van der Waals surface area contributed by atoms with E-state index < -0.39 is 0 Å². The van der Waals surface area contributed by atoms with Crippen molar-refractivity contribution < 1.29 is 18.9 Å². The van der Waals surface area contributed by atoms with Crippen LogP contribution < -0.4 is 18.9 Å². The smallest absolute Gasteiger partial charge is 0.444 e. The molecule has 0 aromatic rings. The van der Waals surface area contributed by atoms with E-state index >= 15 is 0 Å². The molecule has 0 aliphatic rings. The molecule has 0 amide bonds. The van der Waals surface area contributed by atoms with Crippen LogP contribution in [0.25, 0.3) is 0 Å². The van der Waals surface area contributed by atoms with Gasteiger partial charge in [-0.3, -0.25) is 0 Å². The molecule has 0 aliphatic carbocycles. The van der Waals surface area contributed by atoms with Gasteiger partial charge >= 0.3 is 27.3 Å². The van der Waals surface area contributed by atoms with E-state index in [1.165, 1.54) is 0 Å². The maximum absolute atomic E-state index is 8.00. The van der Waals surface area contributed by atoms with Gasteiger partial charge in [0, 0.05) is 0 Å². The van der Waals surface area contributed by atoms with Gasteiger partial charge in [-0.2, -0.15) is 0 Å². The van der Waals surface area contributed by atoms with Crippen molar-refractivity contribution in [3.8, 4) is 0 Å². The Labute approximate surface area is 89.8 Å². The second-order valence-corrected chi connectivity index (χ2v) is 0.298. The zero-order chi connectivity index (χ0) is 10.8. The van der Waals surface area contributed by atoms with Crippen molar-refractivity contribution in [2.75, 3.05) is 0 Å². The second kappa shape index (κ2) is 232. The van der Waals surface area contributed by atoms with Crippen LogP contribution in [0.15, 0.2) is 21.4 Å². The summed E-state index contributed by atoms with van der Waals surface area (Å²) in [4.78, 5) is 32.0. The monoisotopic (exact) mass is 202 g/mol. The summed E-state index contributed by atoms with van der Waals surface area (Å²) in [6.07, 6.45) is 0. The quantitative estimate of drug-likeness (QED) is 0.234. The van der Waals surface area contributed by atoms with E-state index in [1.807, 2.05) is 0 Å². The van der Waals surface area contributed by atoms with Gasteiger partial charge in [0.15, 0.2) is 0 Å². The molecule has 14 heteroatoms. The van der Waals surface area contributed by atoms with Crippen LogP contribution in [-0.4, -0.2) is 8.41 Å². The topological polar surface area (TPSA) is 210 Å². The molecule has 0 saturated carbocycles. The maximum Gasteiger partial charge on any atom is 3.00 e. The fourth-order valence-electron chi connectivity index (χ4n) is 0. The molecule has 0 bridgehead atoms. The minimum atomic E-state index is 0. The molecule has 0 atom stereocenters. The molecule has 72 valence electrons. The van der Waals surface area contributed by atoms with Gasteiger partial charge < -0.3 is 40.5 Å². The average molecular weight is 202 g/mol. The number of hydrogen-bond acceptors (Lipinski definition) is 12. The molecule has 14 heavy (non-hydrogen) atoms. The van der Waals surface area contributed by atoms with Crippen molar-refractivity contribution in [2.24, 2.45) is 21.4 Å². The summed E-state index contributed by atoms with van der Waals surface area (Å²) >= 11 is 0. The summed E-state index contributed by atoms with van der Waals surface area (Å²) in [6, 6.07) is 0. The van der Waals surface area contributed by atoms with E-state index in [9.17, 15) is 0 Å². The predicted molar refractivity (Wildman–Crippen MR) is 42.4 cm³/mol. The molecule has 0 unspecified atom stereocenters. The molecule has 0 saturated heterocycles. The summed E-state index contributed by atoms with van der Waals surface area (Å²) in [5, 5.41) is 36.0. The van der Waals surface area contributed by atoms with Crippen molar-refractivity contribution in [3.63, 3.8) is 0 Å². The van der Waals surface area contributed by atoms with E-state index in [0.717, 1.165) is 21.4 Å². The number of rotatable bonds is 0. The molecule has 0 aromatic carbocycles. The minimum Gasteiger partial charge on any atom is -0.444 e. The molecular formula is BLiN4O8. The standard InChI is InChI=1S/B.Li.4HNO2/c;;4*2-1-3/h;;4*(H,2,3)/q+3;+1;;;;/p-4. The fourth-order valence-corrected chi connectivity index (χ4v) is 0. The van der Waals surface area contributed by atoms with Crippen LogP contribution in [0.5, 0.6) is 0 Å². The third kappa shape index (κ3) is 292. The van der Waals surface area contributed by atoms with Crippen molar-refractivity contribution >= 4 is 8.41 Å². The van der Waals surface area contributed by atoms with Gasteiger partial charge in [-0.05, 0) is 0 Å². The van der Waals surface area contributed by atoms with Crippen LogP contribution >= 0.6 is 0 Å². The molecule has 0 fully saturated rings. The van der Waals surface area contributed by atoms with Crippen LogP contribution in [0.3, 0.4) is 0 Å². The first kappa shape index (κ1) is 39.7. The Morgan fingerprint density at radius 3 is 0.571 bits per heavy atom. The van der Waals surface area contributed by atoms with E-state index in [1.54, 1.807) is 0 Å². The Kier molecular flexibility index (Phi) is 657. The molecule has 0 aromatic heterocycles. The third-order valence-corrected chi connectivity index (χ3v) is 0. The van der Waals surface area contributed by atoms with Crippen LogP contribution in [0.1, 0.15) is 0 Å². The van der Waals surface area contributed by atoms with E-state index in [4.69, 9.17) is 40.5 Å². The zero-order valence-electron chi connectivity index (χ0n) is 6.63. The summed E-state index contributed by atoms with van der Waals surface area (Å²) in [5.74, 6) is 0. The Bertz CT molecular complexity index is 75.3. The maximum atomic E-state index is 8.00. The largest absolute Gasteiger partial charge is 3.00 e. The SMILES string of the molecule is O=N[O-].O=N[O-].O=N[O-].O=N[O-].[B+3].[Li+]. The molecule has 0 rings (SSSR count). The number of hydrogen-bond donors (Lipinski definition) is 0. The van der Waals surface area contributed by atoms with E-state index in [2.05, 4.69) is 0 Å². The van der Waals surface area contributed by atoms with Gasteiger partial charge in [-0.1, -0.05) is 0 Å². The summed E-state index contributed by atoms with van der Waals surface area (Å²) < 4.78 is 0. The van der Waals surface area contributed by atoms with Gasteiger partial charge in [-0.15, -0.1) is 21.4 Å². The number of nitrogens with zero attached hydrogens (tertiary/aromatic N) is 4. The molecule has 0 aliphatic heterocycles. The van der Waals surface area contributed by atoms with Gasteiger partial charge in [0.1, 0.15) is 0 Å². The Balaban J connectivity index is -0.0000000145.